The fourth-order valence-corrected chi connectivity index (χ4v) is 2.77. The van der Waals surface area contributed by atoms with Crippen LogP contribution in [-0.2, 0) is 17.6 Å². The molecule has 98 valence electrons. The topological polar surface area (TPSA) is 83.8 Å². The molecule has 0 fully saturated rings. The van der Waals surface area contributed by atoms with Gasteiger partial charge in [0, 0.05) is 17.7 Å². The maximum atomic E-state index is 11.3. The van der Waals surface area contributed by atoms with Crippen LogP contribution in [0.1, 0.15) is 11.4 Å². The molecule has 3 rings (SSSR count). The number of nitrogens with two attached hydrogens (primary N) is 1. The quantitative estimate of drug-likeness (QED) is 0.806. The predicted octanol–water partition coefficient (Wildman–Crippen LogP) is 1.83. The van der Waals surface area contributed by atoms with Crippen LogP contribution in [0.2, 0.25) is 0 Å². The second-order valence-electron chi connectivity index (χ2n) is 4.48. The largest absolute Gasteiger partial charge is 0.336 e. The molecule has 1 amide bonds. The van der Waals surface area contributed by atoms with E-state index in [1.165, 1.54) is 0 Å². The number of hydrogen-bond donors (Lipinski definition) is 3. The van der Waals surface area contributed by atoms with Crippen molar-refractivity contribution in [2.24, 2.45) is 5.73 Å². The number of aromatic amines is 1. The molecule has 6 heteroatoms. The number of carbonyl (C=O) groups excluding carboxylic acids is 1. The number of imidazole rings is 1. The summed E-state index contributed by atoms with van der Waals surface area (Å²) in [5.74, 6) is 0.899. The molecule has 0 unspecified atom stereocenters. The number of nitrogens with one attached hydrogen (secondary N) is 2. The van der Waals surface area contributed by atoms with Crippen molar-refractivity contribution in [1.82, 2.24) is 9.97 Å². The monoisotopic (exact) mass is 320 g/mol. The summed E-state index contributed by atoms with van der Waals surface area (Å²) in [5, 5.41) is 2.82. The van der Waals surface area contributed by atoms with Gasteiger partial charge in [0.05, 0.1) is 6.42 Å². The number of anilines is 1. The van der Waals surface area contributed by atoms with E-state index < -0.39 is 0 Å². The summed E-state index contributed by atoms with van der Waals surface area (Å²) < 4.78 is 0.841. The first-order valence-electron chi connectivity index (χ1n) is 6.05. The third-order valence-corrected chi connectivity index (χ3v) is 3.67. The smallest absolute Gasteiger partial charge is 0.228 e. The lowest BCUT2D eigenvalue weighted by molar-refractivity contribution is -0.115. The third kappa shape index (κ3) is 2.29. The number of benzene rings is 1. The van der Waals surface area contributed by atoms with Gasteiger partial charge in [-0.15, -0.1) is 0 Å². The van der Waals surface area contributed by atoms with Crippen LogP contribution in [0.25, 0.3) is 11.3 Å². The number of H-pyrrole nitrogens is 1. The molecule has 0 spiro atoms. The number of carbonyl (C=O) groups is 1. The van der Waals surface area contributed by atoms with Gasteiger partial charge >= 0.3 is 0 Å². The molecule has 1 aromatic carbocycles. The number of rotatable bonds is 3. The summed E-state index contributed by atoms with van der Waals surface area (Å²) in [6, 6.07) is 5.87. The molecular weight excluding hydrogens is 308 g/mol. The first kappa shape index (κ1) is 12.4. The molecule has 2 aromatic rings. The van der Waals surface area contributed by atoms with E-state index in [4.69, 9.17) is 5.73 Å². The zero-order chi connectivity index (χ0) is 13.4. The van der Waals surface area contributed by atoms with Crippen LogP contribution in [0.15, 0.2) is 22.8 Å². The van der Waals surface area contributed by atoms with E-state index in [9.17, 15) is 4.79 Å². The Labute approximate surface area is 118 Å². The van der Waals surface area contributed by atoms with Gasteiger partial charge < -0.3 is 16.0 Å². The van der Waals surface area contributed by atoms with Gasteiger partial charge in [-0.3, -0.25) is 4.79 Å². The number of fused-ring (bicyclic) bond motifs is 1. The highest BCUT2D eigenvalue weighted by molar-refractivity contribution is 9.10. The Balaban J connectivity index is 1.99. The maximum absolute atomic E-state index is 11.3. The Hall–Kier alpha value is -1.66. The van der Waals surface area contributed by atoms with Crippen LogP contribution in [0.5, 0.6) is 0 Å². The highest BCUT2D eigenvalue weighted by Crippen LogP contribution is 2.31. The summed E-state index contributed by atoms with van der Waals surface area (Å²) in [5.41, 5.74) is 9.27. The number of amides is 1. The number of hydrogen-bond acceptors (Lipinski definition) is 3. The van der Waals surface area contributed by atoms with Gasteiger partial charge in [0.25, 0.3) is 0 Å². The van der Waals surface area contributed by atoms with Crippen LogP contribution in [0, 0.1) is 0 Å². The first-order valence-corrected chi connectivity index (χ1v) is 6.84. The fourth-order valence-electron chi connectivity index (χ4n) is 2.22. The molecule has 1 aliphatic rings. The molecule has 4 N–H and O–H groups in total. The van der Waals surface area contributed by atoms with E-state index in [2.05, 4.69) is 31.2 Å². The van der Waals surface area contributed by atoms with Crippen molar-refractivity contribution < 1.29 is 4.79 Å². The molecule has 0 radical (unpaired) electrons. The van der Waals surface area contributed by atoms with Gasteiger partial charge in [0.1, 0.15) is 16.1 Å². The Morgan fingerprint density at radius 1 is 1.42 bits per heavy atom. The van der Waals surface area contributed by atoms with Crippen molar-refractivity contribution in [1.29, 1.82) is 0 Å². The van der Waals surface area contributed by atoms with Crippen LogP contribution < -0.4 is 11.1 Å². The minimum Gasteiger partial charge on any atom is -0.336 e. The van der Waals surface area contributed by atoms with E-state index >= 15 is 0 Å². The van der Waals surface area contributed by atoms with Gasteiger partial charge in [-0.2, -0.15) is 0 Å². The van der Waals surface area contributed by atoms with Crippen molar-refractivity contribution >= 4 is 27.5 Å². The molecule has 1 aromatic heterocycles. The van der Waals surface area contributed by atoms with E-state index in [1.54, 1.807) is 0 Å². The van der Waals surface area contributed by atoms with E-state index in [0.717, 1.165) is 32.9 Å². The average molecular weight is 321 g/mol. The zero-order valence-corrected chi connectivity index (χ0v) is 11.8. The second-order valence-corrected chi connectivity index (χ2v) is 5.27. The Morgan fingerprint density at radius 2 is 2.26 bits per heavy atom. The summed E-state index contributed by atoms with van der Waals surface area (Å²) >= 11 is 3.47. The zero-order valence-electron chi connectivity index (χ0n) is 10.2. The molecule has 0 saturated heterocycles. The lowest BCUT2D eigenvalue weighted by atomic mass is 10.1. The predicted molar refractivity (Wildman–Crippen MR) is 76.8 cm³/mol. The van der Waals surface area contributed by atoms with Crippen LogP contribution in [0.4, 0.5) is 5.69 Å². The summed E-state index contributed by atoms with van der Waals surface area (Å²) in [7, 11) is 0. The molecule has 2 heterocycles. The molecule has 0 atom stereocenters. The Kier molecular flexibility index (Phi) is 3.12. The fraction of sp³-hybridized carbons (Fsp3) is 0.231. The molecule has 0 aliphatic carbocycles. The lowest BCUT2D eigenvalue weighted by Crippen LogP contribution is -2.03. The van der Waals surface area contributed by atoms with Gasteiger partial charge in [0.15, 0.2) is 0 Å². The molecule has 5 nitrogen and oxygen atoms in total. The third-order valence-electron chi connectivity index (χ3n) is 3.09. The standard InChI is InChI=1S/C13H13BrN4O/c14-13-12(17-10(18-13)3-4-15)7-1-2-9-8(5-7)6-11(19)16-9/h1-2,5H,3-4,6,15H2,(H,16,19)(H,17,18). The SMILES string of the molecule is NCCc1nc(-c2ccc3c(c2)CC(=O)N3)c(Br)[nH]1. The van der Waals surface area contributed by atoms with Crippen LogP contribution in [-0.4, -0.2) is 22.4 Å². The van der Waals surface area contributed by atoms with Crippen molar-refractivity contribution in [2.45, 2.75) is 12.8 Å². The number of halogens is 1. The molecule has 1 aliphatic heterocycles. The Bertz CT molecular complexity index is 650. The van der Waals surface area contributed by atoms with E-state index in [0.29, 0.717) is 19.4 Å². The molecule has 0 bridgehead atoms. The van der Waals surface area contributed by atoms with E-state index in [-0.39, 0.29) is 5.91 Å². The van der Waals surface area contributed by atoms with Crippen molar-refractivity contribution in [2.75, 3.05) is 11.9 Å². The minimum atomic E-state index is 0.0389. The summed E-state index contributed by atoms with van der Waals surface area (Å²) in [6.07, 6.45) is 1.14. The van der Waals surface area contributed by atoms with Crippen molar-refractivity contribution in [3.63, 3.8) is 0 Å². The van der Waals surface area contributed by atoms with Crippen LogP contribution >= 0.6 is 15.9 Å². The van der Waals surface area contributed by atoms with Gasteiger partial charge in [-0.25, -0.2) is 4.98 Å². The average Bonchev–Trinajstić information content (AvgIpc) is 2.90. The normalized spacial score (nSPS) is 13.5. The molecular formula is C13H13BrN4O. The van der Waals surface area contributed by atoms with Gasteiger partial charge in [-0.1, -0.05) is 6.07 Å². The number of nitrogens with zero attached hydrogens (tertiary/aromatic N) is 1. The van der Waals surface area contributed by atoms with Crippen molar-refractivity contribution in [3.8, 4) is 11.3 Å². The summed E-state index contributed by atoms with van der Waals surface area (Å²) in [6.45, 7) is 0.558. The van der Waals surface area contributed by atoms with Crippen molar-refractivity contribution in [3.05, 3.63) is 34.2 Å². The highest BCUT2D eigenvalue weighted by atomic mass is 79.9. The summed E-state index contributed by atoms with van der Waals surface area (Å²) in [4.78, 5) is 19.0. The lowest BCUT2D eigenvalue weighted by Gasteiger charge is -2.02. The van der Waals surface area contributed by atoms with Gasteiger partial charge in [0.2, 0.25) is 5.91 Å². The van der Waals surface area contributed by atoms with E-state index in [1.807, 2.05) is 18.2 Å². The first-order chi connectivity index (χ1) is 9.17. The van der Waals surface area contributed by atoms with Gasteiger partial charge in [-0.05, 0) is 40.2 Å². The second kappa shape index (κ2) is 4.79. The minimum absolute atomic E-state index is 0.0389. The molecule has 0 saturated carbocycles. The molecule has 19 heavy (non-hydrogen) atoms. The number of aromatic nitrogens is 2. The maximum Gasteiger partial charge on any atom is 0.228 e. The highest BCUT2D eigenvalue weighted by Gasteiger charge is 2.19. The van der Waals surface area contributed by atoms with Crippen LogP contribution in [0.3, 0.4) is 0 Å². The Morgan fingerprint density at radius 3 is 3.05 bits per heavy atom.